The lowest BCUT2D eigenvalue weighted by atomic mass is 10.1. The van der Waals surface area contributed by atoms with Crippen LogP contribution in [0.1, 0.15) is 18.5 Å². The maximum Gasteiger partial charge on any atom is 0.243 e. The third-order valence-corrected chi connectivity index (χ3v) is 2.98. The summed E-state index contributed by atoms with van der Waals surface area (Å²) in [5, 5.41) is 0. The van der Waals surface area contributed by atoms with E-state index < -0.39 is 5.91 Å². The van der Waals surface area contributed by atoms with Crippen LogP contribution in [0.3, 0.4) is 0 Å². The Hall–Kier alpha value is -1.79. The lowest BCUT2D eigenvalue weighted by Gasteiger charge is -2.14. The van der Waals surface area contributed by atoms with Crippen molar-refractivity contribution in [1.29, 1.82) is 0 Å². The number of ether oxygens (including phenoxy) is 3. The number of hydrogen-bond acceptors (Lipinski definition) is 5. The molecule has 1 amide bonds. The van der Waals surface area contributed by atoms with Crippen molar-refractivity contribution < 1.29 is 19.0 Å². The zero-order valence-corrected chi connectivity index (χ0v) is 11.5. The summed E-state index contributed by atoms with van der Waals surface area (Å²) >= 11 is 0. The quantitative estimate of drug-likeness (QED) is 0.823. The molecule has 0 fully saturated rings. The average Bonchev–Trinajstić information content (AvgIpc) is 2.60. The highest BCUT2D eigenvalue weighted by molar-refractivity contribution is 5.74. The van der Waals surface area contributed by atoms with E-state index in [4.69, 9.17) is 25.7 Å². The molecule has 6 nitrogen and oxygen atoms in total. The van der Waals surface area contributed by atoms with Gasteiger partial charge in [-0.2, -0.15) is 0 Å². The second kappa shape index (κ2) is 6.58. The highest BCUT2D eigenvalue weighted by atomic mass is 16.5. The Morgan fingerprint density at radius 1 is 1.40 bits per heavy atom. The fourth-order valence-electron chi connectivity index (χ4n) is 1.88. The van der Waals surface area contributed by atoms with Crippen molar-refractivity contribution in [2.75, 3.05) is 26.4 Å². The average molecular weight is 280 g/mol. The van der Waals surface area contributed by atoms with Crippen LogP contribution in [0.2, 0.25) is 0 Å². The van der Waals surface area contributed by atoms with Crippen LogP contribution in [-0.4, -0.2) is 32.3 Å². The predicted molar refractivity (Wildman–Crippen MR) is 73.5 cm³/mol. The van der Waals surface area contributed by atoms with Gasteiger partial charge in [-0.3, -0.25) is 4.79 Å². The normalized spacial score (nSPS) is 19.2. The van der Waals surface area contributed by atoms with E-state index in [1.165, 1.54) is 0 Å². The predicted octanol–water partition coefficient (Wildman–Crippen LogP) is 0.596. The Balaban J connectivity index is 2.01. The number of hydrogen-bond donors (Lipinski definition) is 2. The number of fused-ring (bicyclic) bond motifs is 1. The Morgan fingerprint density at radius 2 is 2.10 bits per heavy atom. The molecule has 0 aromatic heterocycles. The van der Waals surface area contributed by atoms with Crippen LogP contribution in [0.4, 0.5) is 0 Å². The molecule has 0 saturated heterocycles. The summed E-state index contributed by atoms with van der Waals surface area (Å²) in [4.78, 5) is 10.6. The minimum atomic E-state index is -0.509. The summed E-state index contributed by atoms with van der Waals surface area (Å²) in [6, 6.07) is 5.22. The monoisotopic (exact) mass is 280 g/mol. The molecule has 1 aliphatic rings. The third-order valence-electron chi connectivity index (χ3n) is 2.98. The molecule has 1 aliphatic heterocycles. The molecular formula is C14H20N2O4. The SMILES string of the molecule is CC1COc2ccc(C(N)COCC(N)=O)cc2OC1. The van der Waals surface area contributed by atoms with E-state index in [2.05, 4.69) is 6.92 Å². The third kappa shape index (κ3) is 3.85. The molecule has 0 bridgehead atoms. The molecule has 20 heavy (non-hydrogen) atoms. The van der Waals surface area contributed by atoms with Gasteiger partial charge in [-0.1, -0.05) is 13.0 Å². The van der Waals surface area contributed by atoms with Gasteiger partial charge >= 0.3 is 0 Å². The minimum Gasteiger partial charge on any atom is -0.489 e. The Kier molecular flexibility index (Phi) is 4.81. The molecule has 1 heterocycles. The molecule has 1 aromatic carbocycles. The molecule has 0 saturated carbocycles. The molecule has 2 unspecified atom stereocenters. The van der Waals surface area contributed by atoms with Crippen LogP contribution in [-0.2, 0) is 9.53 Å². The van der Waals surface area contributed by atoms with Crippen molar-refractivity contribution in [3.8, 4) is 11.5 Å². The summed E-state index contributed by atoms with van der Waals surface area (Å²) in [6.07, 6.45) is 0. The van der Waals surface area contributed by atoms with Crippen molar-refractivity contribution >= 4 is 5.91 Å². The molecule has 2 atom stereocenters. The number of nitrogens with two attached hydrogens (primary N) is 2. The van der Waals surface area contributed by atoms with Crippen molar-refractivity contribution in [2.45, 2.75) is 13.0 Å². The maximum absolute atomic E-state index is 10.6. The standard InChI is InChI=1S/C14H20N2O4/c1-9-5-19-12-3-2-10(4-13(12)20-6-9)11(15)7-18-8-14(16)17/h2-4,9,11H,5-8,15H2,1H3,(H2,16,17). The van der Waals surface area contributed by atoms with Gasteiger partial charge in [0.2, 0.25) is 5.91 Å². The highest BCUT2D eigenvalue weighted by Gasteiger charge is 2.17. The van der Waals surface area contributed by atoms with Crippen molar-refractivity contribution in [3.05, 3.63) is 23.8 Å². The highest BCUT2D eigenvalue weighted by Crippen LogP contribution is 2.32. The van der Waals surface area contributed by atoms with Gasteiger partial charge in [0.05, 0.1) is 25.9 Å². The van der Waals surface area contributed by atoms with Gasteiger partial charge in [0.1, 0.15) is 6.61 Å². The minimum absolute atomic E-state index is 0.129. The number of primary amides is 1. The second-order valence-electron chi connectivity index (χ2n) is 5.02. The summed E-state index contributed by atoms with van der Waals surface area (Å²) in [5.41, 5.74) is 11.9. The van der Waals surface area contributed by atoms with Crippen LogP contribution in [0, 0.1) is 5.92 Å². The molecule has 0 radical (unpaired) electrons. The molecular weight excluding hydrogens is 260 g/mol. The van der Waals surface area contributed by atoms with E-state index in [0.29, 0.717) is 24.9 Å². The molecule has 2 rings (SSSR count). The summed E-state index contributed by atoms with van der Waals surface area (Å²) < 4.78 is 16.5. The Labute approximate surface area is 118 Å². The van der Waals surface area contributed by atoms with Gasteiger partial charge in [-0.25, -0.2) is 0 Å². The Bertz CT molecular complexity index is 478. The first-order valence-corrected chi connectivity index (χ1v) is 6.57. The summed E-state index contributed by atoms with van der Waals surface area (Å²) in [5.74, 6) is 1.25. The maximum atomic E-state index is 10.6. The van der Waals surface area contributed by atoms with Gasteiger partial charge in [0, 0.05) is 5.92 Å². The van der Waals surface area contributed by atoms with Gasteiger partial charge in [-0.15, -0.1) is 0 Å². The van der Waals surface area contributed by atoms with E-state index in [-0.39, 0.29) is 19.3 Å². The van der Waals surface area contributed by atoms with Crippen LogP contribution >= 0.6 is 0 Å². The van der Waals surface area contributed by atoms with Crippen molar-refractivity contribution in [1.82, 2.24) is 0 Å². The number of carbonyl (C=O) groups excluding carboxylic acids is 1. The largest absolute Gasteiger partial charge is 0.489 e. The van der Waals surface area contributed by atoms with E-state index in [0.717, 1.165) is 11.3 Å². The van der Waals surface area contributed by atoms with E-state index in [1.54, 1.807) is 0 Å². The van der Waals surface area contributed by atoms with E-state index >= 15 is 0 Å². The first kappa shape index (κ1) is 14.6. The van der Waals surface area contributed by atoms with Gasteiger partial charge < -0.3 is 25.7 Å². The molecule has 0 spiro atoms. The first-order chi connectivity index (χ1) is 9.56. The number of rotatable bonds is 5. The fourth-order valence-corrected chi connectivity index (χ4v) is 1.88. The number of carbonyl (C=O) groups is 1. The zero-order valence-electron chi connectivity index (χ0n) is 11.5. The summed E-state index contributed by atoms with van der Waals surface area (Å²) in [6.45, 7) is 3.41. The summed E-state index contributed by atoms with van der Waals surface area (Å²) in [7, 11) is 0. The van der Waals surface area contributed by atoms with E-state index in [9.17, 15) is 4.79 Å². The number of amides is 1. The van der Waals surface area contributed by atoms with E-state index in [1.807, 2.05) is 18.2 Å². The second-order valence-corrected chi connectivity index (χ2v) is 5.02. The lowest BCUT2D eigenvalue weighted by molar-refractivity contribution is -0.122. The molecule has 110 valence electrons. The van der Waals surface area contributed by atoms with Crippen LogP contribution in [0.15, 0.2) is 18.2 Å². The molecule has 0 aliphatic carbocycles. The molecule has 1 aromatic rings. The fraction of sp³-hybridized carbons (Fsp3) is 0.500. The van der Waals surface area contributed by atoms with Crippen molar-refractivity contribution in [3.63, 3.8) is 0 Å². The lowest BCUT2D eigenvalue weighted by Crippen LogP contribution is -2.23. The molecule has 4 N–H and O–H groups in total. The smallest absolute Gasteiger partial charge is 0.243 e. The zero-order chi connectivity index (χ0) is 14.5. The first-order valence-electron chi connectivity index (χ1n) is 6.57. The van der Waals surface area contributed by atoms with Crippen LogP contribution in [0.25, 0.3) is 0 Å². The van der Waals surface area contributed by atoms with Crippen LogP contribution in [0.5, 0.6) is 11.5 Å². The van der Waals surface area contributed by atoms with Crippen molar-refractivity contribution in [2.24, 2.45) is 17.4 Å². The molecule has 6 heteroatoms. The topological polar surface area (TPSA) is 96.8 Å². The van der Waals surface area contributed by atoms with Gasteiger partial charge in [0.25, 0.3) is 0 Å². The van der Waals surface area contributed by atoms with Gasteiger partial charge in [0.15, 0.2) is 11.5 Å². The van der Waals surface area contributed by atoms with Gasteiger partial charge in [-0.05, 0) is 17.7 Å². The van der Waals surface area contributed by atoms with Crippen LogP contribution < -0.4 is 20.9 Å². The number of benzene rings is 1. The Morgan fingerprint density at radius 3 is 2.80 bits per heavy atom.